The van der Waals surface area contributed by atoms with Gasteiger partial charge in [-0.1, -0.05) is 109 Å². The molecule has 0 aliphatic carbocycles. The molecule has 6 heterocycles. The van der Waals surface area contributed by atoms with Gasteiger partial charge in [0, 0.05) is 94.8 Å². The van der Waals surface area contributed by atoms with Gasteiger partial charge in [-0.05, 0) is 167 Å². The molecular weight excluding hydrogens is 989 g/mol. The van der Waals surface area contributed by atoms with Crippen molar-refractivity contribution in [1.82, 2.24) is 9.13 Å². The van der Waals surface area contributed by atoms with Gasteiger partial charge in [-0.3, -0.25) is 0 Å². The SMILES string of the molecule is c1ccc2c(c1)c1ccccc1n2-c1ccc2sc3ccc(-c4ccc5oc6ccc(-c7ccc8oc9ccc(-c%10ccc%11sc%12ccc(-n%13c%14ccccc%14c%14ccccc%14%13)cc%12c%11c%10)cc9c8c7)cc6c5c4)cc3c2c1. The molecule has 0 radical (unpaired) electrons. The van der Waals surface area contributed by atoms with E-state index in [0.29, 0.717) is 0 Å². The fourth-order valence-corrected chi connectivity index (χ4v) is 15.0. The van der Waals surface area contributed by atoms with E-state index < -0.39 is 0 Å². The van der Waals surface area contributed by atoms with Gasteiger partial charge in [-0.15, -0.1) is 22.7 Å². The quantitative estimate of drug-likeness (QED) is 0.172. The number of benzene rings is 12. The monoisotopic (exact) mass is 1030 g/mol. The van der Waals surface area contributed by atoms with E-state index in [1.165, 1.54) is 106 Å². The van der Waals surface area contributed by atoms with Crippen LogP contribution in [0.15, 0.2) is 251 Å². The molecule has 6 aromatic heterocycles. The molecule has 18 rings (SSSR count). The maximum absolute atomic E-state index is 6.51. The second-order valence-electron chi connectivity index (χ2n) is 20.8. The van der Waals surface area contributed by atoms with Crippen molar-refractivity contribution in [1.29, 1.82) is 0 Å². The van der Waals surface area contributed by atoms with Gasteiger partial charge in [0.05, 0.1) is 22.1 Å². The first-order valence-corrected chi connectivity index (χ1v) is 28.1. The van der Waals surface area contributed by atoms with Crippen molar-refractivity contribution in [3.63, 3.8) is 0 Å². The van der Waals surface area contributed by atoms with Gasteiger partial charge in [-0.2, -0.15) is 0 Å². The third-order valence-corrected chi connectivity index (χ3v) is 18.8. The van der Waals surface area contributed by atoms with E-state index in [2.05, 4.69) is 252 Å². The molecule has 0 atom stereocenters. The van der Waals surface area contributed by atoms with Crippen molar-refractivity contribution in [2.75, 3.05) is 0 Å². The van der Waals surface area contributed by atoms with Crippen molar-refractivity contribution < 1.29 is 8.83 Å². The van der Waals surface area contributed by atoms with Crippen LogP contribution in [0.5, 0.6) is 0 Å². The molecule has 4 nitrogen and oxygen atoms in total. The number of furan rings is 2. The maximum Gasteiger partial charge on any atom is 0.135 e. The minimum atomic E-state index is 0.876. The Hall–Kier alpha value is -9.72. The first kappa shape index (κ1) is 42.5. The molecule has 0 unspecified atom stereocenters. The van der Waals surface area contributed by atoms with Gasteiger partial charge < -0.3 is 18.0 Å². The van der Waals surface area contributed by atoms with E-state index >= 15 is 0 Å². The van der Waals surface area contributed by atoms with Crippen LogP contribution in [0.4, 0.5) is 0 Å². The fourth-order valence-electron chi connectivity index (χ4n) is 12.8. The molecule has 362 valence electrons. The lowest BCUT2D eigenvalue weighted by Gasteiger charge is -2.08. The third-order valence-electron chi connectivity index (χ3n) is 16.5. The van der Waals surface area contributed by atoms with Crippen LogP contribution in [0.25, 0.3) is 173 Å². The van der Waals surface area contributed by atoms with Crippen molar-refractivity contribution in [2.45, 2.75) is 0 Å². The van der Waals surface area contributed by atoms with E-state index in [1.54, 1.807) is 0 Å². The highest BCUT2D eigenvalue weighted by molar-refractivity contribution is 7.26. The van der Waals surface area contributed by atoms with Crippen LogP contribution in [-0.2, 0) is 0 Å². The van der Waals surface area contributed by atoms with E-state index in [0.717, 1.165) is 66.1 Å². The first-order valence-electron chi connectivity index (χ1n) is 26.4. The summed E-state index contributed by atoms with van der Waals surface area (Å²) in [4.78, 5) is 0. The smallest absolute Gasteiger partial charge is 0.135 e. The summed E-state index contributed by atoms with van der Waals surface area (Å²) in [6.45, 7) is 0. The minimum absolute atomic E-state index is 0.876. The van der Waals surface area contributed by atoms with E-state index in [1.807, 2.05) is 22.7 Å². The molecule has 0 aliphatic heterocycles. The zero-order valence-corrected chi connectivity index (χ0v) is 43.3. The lowest BCUT2D eigenvalue weighted by molar-refractivity contribution is 0.668. The Morgan fingerprint density at radius 1 is 0.218 bits per heavy atom. The highest BCUT2D eigenvalue weighted by atomic mass is 32.1. The second kappa shape index (κ2) is 15.9. The number of para-hydroxylation sites is 4. The zero-order valence-electron chi connectivity index (χ0n) is 41.6. The largest absolute Gasteiger partial charge is 0.456 e. The fraction of sp³-hybridized carbons (Fsp3) is 0. The van der Waals surface area contributed by atoms with Crippen molar-refractivity contribution in [3.8, 4) is 44.8 Å². The van der Waals surface area contributed by atoms with E-state index in [9.17, 15) is 0 Å². The summed E-state index contributed by atoms with van der Waals surface area (Å²) >= 11 is 3.71. The summed E-state index contributed by atoms with van der Waals surface area (Å²) in [5.41, 5.74) is 17.7. The molecular formula is C72H40N2O2S2. The number of fused-ring (bicyclic) bond motifs is 18. The van der Waals surface area contributed by atoms with E-state index in [4.69, 9.17) is 8.83 Å². The predicted molar refractivity (Wildman–Crippen MR) is 332 cm³/mol. The number of hydrogen-bond acceptors (Lipinski definition) is 4. The highest BCUT2D eigenvalue weighted by Crippen LogP contribution is 2.44. The Balaban J connectivity index is 0.701. The Bertz CT molecular complexity index is 5150. The predicted octanol–water partition coefficient (Wildman–Crippen LogP) is 21.4. The zero-order chi connectivity index (χ0) is 50.7. The van der Waals surface area contributed by atoms with Crippen LogP contribution < -0.4 is 0 Å². The van der Waals surface area contributed by atoms with Crippen LogP contribution in [0, 0.1) is 0 Å². The topological polar surface area (TPSA) is 36.1 Å². The Morgan fingerprint density at radius 2 is 0.474 bits per heavy atom. The summed E-state index contributed by atoms with van der Waals surface area (Å²) in [5.74, 6) is 0. The van der Waals surface area contributed by atoms with E-state index in [-0.39, 0.29) is 0 Å². The Kier molecular flexibility index (Phi) is 8.67. The summed E-state index contributed by atoms with van der Waals surface area (Å²) in [5, 5.41) is 14.6. The second-order valence-corrected chi connectivity index (χ2v) is 22.9. The van der Waals surface area contributed by atoms with Gasteiger partial charge in [0.2, 0.25) is 0 Å². The Labute approximate surface area is 453 Å². The molecule has 0 fully saturated rings. The first-order chi connectivity index (χ1) is 38.6. The minimum Gasteiger partial charge on any atom is -0.456 e. The number of aromatic nitrogens is 2. The lowest BCUT2D eigenvalue weighted by Crippen LogP contribution is -1.93. The van der Waals surface area contributed by atoms with Crippen LogP contribution >= 0.6 is 22.7 Å². The normalized spacial score (nSPS) is 12.4. The van der Waals surface area contributed by atoms with Gasteiger partial charge in [0.15, 0.2) is 0 Å². The number of hydrogen-bond donors (Lipinski definition) is 0. The molecule has 0 N–H and O–H groups in total. The summed E-state index contributed by atoms with van der Waals surface area (Å²) < 4.78 is 23.0. The van der Waals surface area contributed by atoms with Crippen molar-refractivity contribution in [2.24, 2.45) is 0 Å². The highest BCUT2D eigenvalue weighted by Gasteiger charge is 2.19. The van der Waals surface area contributed by atoms with Gasteiger partial charge in [-0.25, -0.2) is 0 Å². The van der Waals surface area contributed by atoms with Crippen molar-refractivity contribution in [3.05, 3.63) is 243 Å². The maximum atomic E-state index is 6.51. The molecule has 6 heteroatoms. The molecule has 0 saturated carbocycles. The van der Waals surface area contributed by atoms with Crippen LogP contribution in [-0.4, -0.2) is 9.13 Å². The molecule has 0 saturated heterocycles. The molecule has 78 heavy (non-hydrogen) atoms. The van der Waals surface area contributed by atoms with Crippen molar-refractivity contribution >= 4 is 151 Å². The average Bonchev–Trinajstić information content (AvgIpc) is 4.54. The number of rotatable bonds is 5. The molecule has 0 spiro atoms. The lowest BCUT2D eigenvalue weighted by atomic mass is 9.98. The molecule has 0 bridgehead atoms. The molecule has 12 aromatic carbocycles. The standard InChI is InChI=1S/C72H40N2O2S2/c1-5-13-61-49(9-1)50-10-2-6-14-62(50)73(61)47-23-31-71-59(39-47)57-37-45(21-29-69(57)77-71)43-19-27-67-55(35-43)53-33-41(17-25-65(53)75-67)42-18-26-66-54(34-42)56-36-44(20-28-68(56)76-66)46-22-30-70-58(38-46)60-40-48(24-32-72(60)78-70)74-63-15-7-3-11-51(63)52-12-4-8-16-64(52)74/h1-40H. The van der Waals surface area contributed by atoms with Gasteiger partial charge in [0.1, 0.15) is 22.3 Å². The summed E-state index contributed by atoms with van der Waals surface area (Å²) in [6.07, 6.45) is 0. The van der Waals surface area contributed by atoms with Gasteiger partial charge in [0.25, 0.3) is 0 Å². The van der Waals surface area contributed by atoms with Crippen LogP contribution in [0.3, 0.4) is 0 Å². The van der Waals surface area contributed by atoms with Crippen LogP contribution in [0.1, 0.15) is 0 Å². The molecule has 18 aromatic rings. The molecule has 0 aliphatic rings. The summed E-state index contributed by atoms with van der Waals surface area (Å²) in [7, 11) is 0. The molecule has 0 amide bonds. The van der Waals surface area contributed by atoms with Gasteiger partial charge >= 0.3 is 0 Å². The van der Waals surface area contributed by atoms with Crippen LogP contribution in [0.2, 0.25) is 0 Å². The Morgan fingerprint density at radius 3 is 0.795 bits per heavy atom. The number of thiophene rings is 2. The summed E-state index contributed by atoms with van der Waals surface area (Å²) in [6, 6.07) is 89.1. The average molecular weight is 1030 g/mol. The third kappa shape index (κ3) is 6.15. The number of nitrogens with zero attached hydrogens (tertiary/aromatic N) is 2.